The Morgan fingerprint density at radius 1 is 1.38 bits per heavy atom. The van der Waals surface area contributed by atoms with Crippen LogP contribution in [0, 0.1) is 0 Å². The Labute approximate surface area is 77.1 Å². The maximum Gasteiger partial charge on any atom is 0.146 e. The van der Waals surface area contributed by atoms with Crippen LogP contribution in [0.2, 0.25) is 0 Å². The van der Waals surface area contributed by atoms with Gasteiger partial charge in [-0.3, -0.25) is 0 Å². The summed E-state index contributed by atoms with van der Waals surface area (Å²) >= 11 is 0. The van der Waals surface area contributed by atoms with Gasteiger partial charge in [0.25, 0.3) is 0 Å². The Kier molecular flexibility index (Phi) is 2.40. The van der Waals surface area contributed by atoms with Gasteiger partial charge >= 0.3 is 0 Å². The molecule has 2 N–H and O–H groups in total. The quantitative estimate of drug-likeness (QED) is 0.697. The zero-order valence-corrected chi connectivity index (χ0v) is 7.44. The molecule has 0 saturated carbocycles. The molecular formula is C9H13N3O. The van der Waals surface area contributed by atoms with E-state index in [4.69, 9.17) is 10.5 Å². The SMILES string of the molecule is Nc1ccc(C2CCCOC2)nn1. The smallest absolute Gasteiger partial charge is 0.146 e. The van der Waals surface area contributed by atoms with Gasteiger partial charge in [0.05, 0.1) is 12.3 Å². The Balaban J connectivity index is 2.10. The van der Waals surface area contributed by atoms with Crippen LogP contribution in [0.1, 0.15) is 24.5 Å². The summed E-state index contributed by atoms with van der Waals surface area (Å²) in [5.74, 6) is 0.877. The number of hydrogen-bond donors (Lipinski definition) is 1. The molecule has 4 heteroatoms. The molecule has 70 valence electrons. The van der Waals surface area contributed by atoms with Crippen LogP contribution < -0.4 is 5.73 Å². The first-order valence-corrected chi connectivity index (χ1v) is 4.53. The number of aromatic nitrogens is 2. The van der Waals surface area contributed by atoms with Crippen LogP contribution in [0.5, 0.6) is 0 Å². The van der Waals surface area contributed by atoms with Crippen LogP contribution in [0.15, 0.2) is 12.1 Å². The third-order valence-corrected chi connectivity index (χ3v) is 2.28. The maximum absolute atomic E-state index is 5.45. The summed E-state index contributed by atoms with van der Waals surface area (Å²) in [5.41, 5.74) is 6.45. The first-order valence-electron chi connectivity index (χ1n) is 4.53. The number of nitrogens with two attached hydrogens (primary N) is 1. The van der Waals surface area contributed by atoms with Gasteiger partial charge in [-0.1, -0.05) is 0 Å². The van der Waals surface area contributed by atoms with Gasteiger partial charge in [-0.2, -0.15) is 5.10 Å². The molecule has 0 aromatic carbocycles. The molecule has 1 aromatic heterocycles. The van der Waals surface area contributed by atoms with Crippen molar-refractivity contribution in [3.63, 3.8) is 0 Å². The Morgan fingerprint density at radius 2 is 2.31 bits per heavy atom. The highest BCUT2D eigenvalue weighted by molar-refractivity contribution is 5.26. The molecule has 2 heterocycles. The van der Waals surface area contributed by atoms with E-state index in [2.05, 4.69) is 10.2 Å². The summed E-state index contributed by atoms with van der Waals surface area (Å²) in [6, 6.07) is 3.72. The van der Waals surface area contributed by atoms with E-state index >= 15 is 0 Å². The van der Waals surface area contributed by atoms with Crippen molar-refractivity contribution >= 4 is 5.82 Å². The average molecular weight is 179 g/mol. The van der Waals surface area contributed by atoms with Gasteiger partial charge in [-0.25, -0.2) is 0 Å². The molecule has 2 rings (SSSR count). The van der Waals surface area contributed by atoms with E-state index in [-0.39, 0.29) is 0 Å². The third kappa shape index (κ3) is 1.95. The van der Waals surface area contributed by atoms with Gasteiger partial charge in [-0.05, 0) is 25.0 Å². The lowest BCUT2D eigenvalue weighted by atomic mass is 9.98. The zero-order chi connectivity index (χ0) is 9.10. The lowest BCUT2D eigenvalue weighted by Gasteiger charge is -2.20. The number of rotatable bonds is 1. The number of anilines is 1. The summed E-state index contributed by atoms with van der Waals surface area (Å²) in [6.45, 7) is 1.64. The predicted octanol–water partition coefficient (Wildman–Crippen LogP) is 0.953. The molecule has 0 bridgehead atoms. The van der Waals surface area contributed by atoms with Gasteiger partial charge in [-0.15, -0.1) is 5.10 Å². The average Bonchev–Trinajstić information content (AvgIpc) is 2.20. The monoisotopic (exact) mass is 179 g/mol. The zero-order valence-electron chi connectivity index (χ0n) is 7.44. The van der Waals surface area contributed by atoms with Crippen LogP contribution in [-0.4, -0.2) is 23.4 Å². The Morgan fingerprint density at radius 3 is 2.92 bits per heavy atom. The fourth-order valence-electron chi connectivity index (χ4n) is 1.54. The normalized spacial score (nSPS) is 22.9. The van der Waals surface area contributed by atoms with E-state index in [0.717, 1.165) is 31.7 Å². The standard InChI is InChI=1S/C9H13N3O/c10-9-4-3-8(11-12-9)7-2-1-5-13-6-7/h3-4,7H,1-2,5-6H2,(H2,10,12). The molecule has 4 nitrogen and oxygen atoms in total. The predicted molar refractivity (Wildman–Crippen MR) is 49.2 cm³/mol. The van der Waals surface area contributed by atoms with Crippen molar-refractivity contribution in [1.82, 2.24) is 10.2 Å². The topological polar surface area (TPSA) is 61.0 Å². The molecule has 1 atom stereocenters. The van der Waals surface area contributed by atoms with Crippen molar-refractivity contribution in [3.05, 3.63) is 17.8 Å². The van der Waals surface area contributed by atoms with Crippen molar-refractivity contribution in [3.8, 4) is 0 Å². The van der Waals surface area contributed by atoms with Crippen molar-refractivity contribution < 1.29 is 4.74 Å². The van der Waals surface area contributed by atoms with Gasteiger partial charge in [0.1, 0.15) is 5.82 Å². The molecule has 0 radical (unpaired) electrons. The molecule has 1 aliphatic rings. The molecule has 13 heavy (non-hydrogen) atoms. The molecule has 1 unspecified atom stereocenters. The van der Waals surface area contributed by atoms with Crippen molar-refractivity contribution in [1.29, 1.82) is 0 Å². The summed E-state index contributed by atoms with van der Waals surface area (Å²) in [5, 5.41) is 7.87. The minimum atomic E-state index is 0.404. The largest absolute Gasteiger partial charge is 0.382 e. The summed E-state index contributed by atoms with van der Waals surface area (Å²) in [4.78, 5) is 0. The second-order valence-corrected chi connectivity index (χ2v) is 3.30. The van der Waals surface area contributed by atoms with E-state index in [1.165, 1.54) is 0 Å². The molecule has 1 aliphatic heterocycles. The summed E-state index contributed by atoms with van der Waals surface area (Å²) in [7, 11) is 0. The highest BCUT2D eigenvalue weighted by atomic mass is 16.5. The van der Waals surface area contributed by atoms with Crippen LogP contribution in [-0.2, 0) is 4.74 Å². The molecule has 0 spiro atoms. The van der Waals surface area contributed by atoms with E-state index in [1.807, 2.05) is 6.07 Å². The van der Waals surface area contributed by atoms with E-state index in [0.29, 0.717) is 11.7 Å². The van der Waals surface area contributed by atoms with Gasteiger partial charge in [0.15, 0.2) is 0 Å². The summed E-state index contributed by atoms with van der Waals surface area (Å²) < 4.78 is 5.37. The van der Waals surface area contributed by atoms with Crippen LogP contribution in [0.3, 0.4) is 0 Å². The van der Waals surface area contributed by atoms with Crippen LogP contribution >= 0.6 is 0 Å². The maximum atomic E-state index is 5.45. The number of nitrogens with zero attached hydrogens (tertiary/aromatic N) is 2. The Hall–Kier alpha value is -1.16. The number of ether oxygens (including phenoxy) is 1. The fourth-order valence-corrected chi connectivity index (χ4v) is 1.54. The van der Waals surface area contributed by atoms with Gasteiger partial charge in [0.2, 0.25) is 0 Å². The molecule has 0 amide bonds. The first-order chi connectivity index (χ1) is 6.36. The minimum Gasteiger partial charge on any atom is -0.382 e. The highest BCUT2D eigenvalue weighted by Crippen LogP contribution is 2.23. The van der Waals surface area contributed by atoms with Crippen molar-refractivity contribution in [2.75, 3.05) is 18.9 Å². The van der Waals surface area contributed by atoms with Crippen molar-refractivity contribution in [2.24, 2.45) is 0 Å². The lowest BCUT2D eigenvalue weighted by Crippen LogP contribution is -2.17. The fraction of sp³-hybridized carbons (Fsp3) is 0.556. The third-order valence-electron chi connectivity index (χ3n) is 2.28. The second kappa shape index (κ2) is 3.70. The van der Waals surface area contributed by atoms with Crippen LogP contribution in [0.25, 0.3) is 0 Å². The Bertz CT molecular complexity index is 267. The number of hydrogen-bond acceptors (Lipinski definition) is 4. The van der Waals surface area contributed by atoms with E-state index < -0.39 is 0 Å². The van der Waals surface area contributed by atoms with Crippen molar-refractivity contribution in [2.45, 2.75) is 18.8 Å². The van der Waals surface area contributed by atoms with Gasteiger partial charge < -0.3 is 10.5 Å². The molecule has 1 fully saturated rings. The minimum absolute atomic E-state index is 0.404. The molecule has 1 aromatic rings. The highest BCUT2D eigenvalue weighted by Gasteiger charge is 2.17. The van der Waals surface area contributed by atoms with Gasteiger partial charge in [0, 0.05) is 12.5 Å². The van der Waals surface area contributed by atoms with Crippen LogP contribution in [0.4, 0.5) is 5.82 Å². The summed E-state index contributed by atoms with van der Waals surface area (Å²) in [6.07, 6.45) is 2.25. The first kappa shape index (κ1) is 8.44. The molecule has 1 saturated heterocycles. The lowest BCUT2D eigenvalue weighted by molar-refractivity contribution is 0.0790. The molecular weight excluding hydrogens is 166 g/mol. The second-order valence-electron chi connectivity index (χ2n) is 3.30. The number of nitrogen functional groups attached to an aromatic ring is 1. The van der Waals surface area contributed by atoms with E-state index in [9.17, 15) is 0 Å². The molecule has 0 aliphatic carbocycles. The van der Waals surface area contributed by atoms with E-state index in [1.54, 1.807) is 6.07 Å².